The number of rotatable bonds is 7. The fourth-order valence-corrected chi connectivity index (χ4v) is 4.42. The molecule has 1 aromatic carbocycles. The molecule has 0 spiro atoms. The minimum atomic E-state index is -3.90. The highest BCUT2D eigenvalue weighted by atomic mass is 35.5. The van der Waals surface area contributed by atoms with Gasteiger partial charge in [-0.05, 0) is 37.9 Å². The summed E-state index contributed by atoms with van der Waals surface area (Å²) >= 11 is 0. The molecule has 1 fully saturated rings. The maximum atomic E-state index is 12.9. The average molecular weight is 407 g/mol. The van der Waals surface area contributed by atoms with E-state index in [9.17, 15) is 23.3 Å². The molecule has 0 saturated carbocycles. The van der Waals surface area contributed by atoms with E-state index in [1.165, 1.54) is 16.4 Å². The lowest BCUT2D eigenvalue weighted by Crippen LogP contribution is -2.52. The first kappa shape index (κ1) is 22.3. The van der Waals surface area contributed by atoms with Gasteiger partial charge in [0.15, 0.2) is 0 Å². The van der Waals surface area contributed by atoms with Crippen LogP contribution in [0.4, 0.5) is 5.69 Å². The van der Waals surface area contributed by atoms with Crippen LogP contribution in [0.25, 0.3) is 0 Å². The number of nitro groups is 1. The van der Waals surface area contributed by atoms with E-state index >= 15 is 0 Å². The molecule has 1 amide bonds. The standard InChI is InChI=1S/C15H22N4O5S.ClH/c16-9-3-10-17-15(20)14-4-1-2-11-18(14)25(23,24)13-7-5-12(6-8-13)19(21)22;/h5-8,14H,1-4,9-11,16H2,(H,17,20);1H. The third-order valence-electron chi connectivity index (χ3n) is 4.09. The summed E-state index contributed by atoms with van der Waals surface area (Å²) in [7, 11) is -3.90. The summed E-state index contributed by atoms with van der Waals surface area (Å²) in [6.07, 6.45) is 2.49. The minimum absolute atomic E-state index is 0. The van der Waals surface area contributed by atoms with Crippen molar-refractivity contribution in [3.8, 4) is 0 Å². The lowest BCUT2D eigenvalue weighted by molar-refractivity contribution is -0.384. The maximum absolute atomic E-state index is 12.9. The summed E-state index contributed by atoms with van der Waals surface area (Å²) in [5.74, 6) is -0.335. The van der Waals surface area contributed by atoms with Crippen LogP contribution in [0, 0.1) is 10.1 Å². The summed E-state index contributed by atoms with van der Waals surface area (Å²) in [6, 6.07) is 3.92. The van der Waals surface area contributed by atoms with Gasteiger partial charge < -0.3 is 11.1 Å². The molecular formula is C15H23ClN4O5S. The molecule has 1 unspecified atom stereocenters. The number of nitrogens with two attached hydrogens (primary N) is 1. The molecule has 1 aliphatic rings. The van der Waals surface area contributed by atoms with Crippen LogP contribution in [-0.2, 0) is 14.8 Å². The second-order valence-electron chi connectivity index (χ2n) is 5.81. The molecular weight excluding hydrogens is 384 g/mol. The third kappa shape index (κ3) is 5.13. The van der Waals surface area contributed by atoms with Crippen LogP contribution in [0.3, 0.4) is 0 Å². The quantitative estimate of drug-likeness (QED) is 0.394. The van der Waals surface area contributed by atoms with Crippen LogP contribution in [0.15, 0.2) is 29.2 Å². The monoisotopic (exact) mass is 406 g/mol. The number of benzene rings is 1. The molecule has 1 aromatic rings. The number of non-ortho nitro benzene ring substituents is 1. The molecule has 146 valence electrons. The zero-order valence-electron chi connectivity index (χ0n) is 14.2. The van der Waals surface area contributed by atoms with Crippen LogP contribution in [0.2, 0.25) is 0 Å². The third-order valence-corrected chi connectivity index (χ3v) is 6.01. The van der Waals surface area contributed by atoms with Crippen molar-refractivity contribution in [1.82, 2.24) is 9.62 Å². The first-order valence-corrected chi connectivity index (χ1v) is 9.56. The molecule has 26 heavy (non-hydrogen) atoms. The Labute approximate surface area is 158 Å². The number of hydrogen-bond donors (Lipinski definition) is 2. The summed E-state index contributed by atoms with van der Waals surface area (Å²) in [5, 5.41) is 13.4. The molecule has 1 heterocycles. The van der Waals surface area contributed by atoms with E-state index in [4.69, 9.17) is 5.73 Å². The Morgan fingerprint density at radius 1 is 1.31 bits per heavy atom. The molecule has 0 aliphatic carbocycles. The van der Waals surface area contributed by atoms with Crippen LogP contribution < -0.4 is 11.1 Å². The number of nitro benzene ring substituents is 1. The first-order chi connectivity index (χ1) is 11.9. The van der Waals surface area contributed by atoms with Gasteiger partial charge in [0.05, 0.1) is 9.82 Å². The van der Waals surface area contributed by atoms with Gasteiger partial charge >= 0.3 is 0 Å². The van der Waals surface area contributed by atoms with Gasteiger partial charge in [-0.1, -0.05) is 6.42 Å². The smallest absolute Gasteiger partial charge is 0.269 e. The number of piperidine rings is 1. The van der Waals surface area contributed by atoms with E-state index in [-0.39, 0.29) is 35.4 Å². The predicted molar refractivity (Wildman–Crippen MR) is 98.6 cm³/mol. The zero-order chi connectivity index (χ0) is 18.4. The lowest BCUT2D eigenvalue weighted by Gasteiger charge is -2.33. The number of carbonyl (C=O) groups excluding carboxylic acids is 1. The molecule has 0 bridgehead atoms. The van der Waals surface area contributed by atoms with Crippen LogP contribution in [0.1, 0.15) is 25.7 Å². The van der Waals surface area contributed by atoms with E-state index in [0.29, 0.717) is 32.4 Å². The van der Waals surface area contributed by atoms with Crippen molar-refractivity contribution in [2.45, 2.75) is 36.6 Å². The van der Waals surface area contributed by atoms with E-state index in [1.807, 2.05) is 0 Å². The Bertz CT molecular complexity index is 726. The Morgan fingerprint density at radius 3 is 2.54 bits per heavy atom. The number of nitrogens with one attached hydrogen (secondary N) is 1. The topological polar surface area (TPSA) is 136 Å². The Balaban J connectivity index is 0.00000338. The maximum Gasteiger partial charge on any atom is 0.269 e. The number of hydrogen-bond acceptors (Lipinski definition) is 6. The van der Waals surface area contributed by atoms with E-state index < -0.39 is 21.0 Å². The van der Waals surface area contributed by atoms with E-state index in [2.05, 4.69) is 5.32 Å². The Hall–Kier alpha value is -1.75. The predicted octanol–water partition coefficient (Wildman–Crippen LogP) is 1.02. The fraction of sp³-hybridized carbons (Fsp3) is 0.533. The molecule has 11 heteroatoms. The van der Waals surface area contributed by atoms with Crippen molar-refractivity contribution in [3.63, 3.8) is 0 Å². The Morgan fingerprint density at radius 2 is 1.96 bits per heavy atom. The highest BCUT2D eigenvalue weighted by Gasteiger charge is 2.37. The van der Waals surface area contributed by atoms with Crippen molar-refractivity contribution in [1.29, 1.82) is 0 Å². The number of amides is 1. The van der Waals surface area contributed by atoms with Gasteiger partial charge in [-0.2, -0.15) is 4.31 Å². The number of nitrogens with zero attached hydrogens (tertiary/aromatic N) is 2. The number of carbonyl (C=O) groups is 1. The second kappa shape index (κ2) is 9.81. The van der Waals surface area contributed by atoms with E-state index in [0.717, 1.165) is 18.6 Å². The Kier molecular flexibility index (Phi) is 8.41. The molecule has 0 radical (unpaired) electrons. The van der Waals surface area contributed by atoms with Crippen molar-refractivity contribution in [2.24, 2.45) is 5.73 Å². The highest BCUT2D eigenvalue weighted by molar-refractivity contribution is 7.89. The van der Waals surface area contributed by atoms with Crippen molar-refractivity contribution in [2.75, 3.05) is 19.6 Å². The zero-order valence-corrected chi connectivity index (χ0v) is 15.8. The molecule has 1 saturated heterocycles. The van der Waals surface area contributed by atoms with Gasteiger partial charge in [-0.3, -0.25) is 14.9 Å². The van der Waals surface area contributed by atoms with Crippen molar-refractivity contribution >= 4 is 34.0 Å². The SMILES string of the molecule is Cl.NCCCNC(=O)C1CCCCN1S(=O)(=O)c1ccc([N+](=O)[O-])cc1. The molecule has 2 rings (SSSR count). The number of sulfonamides is 1. The summed E-state index contributed by atoms with van der Waals surface area (Å²) in [4.78, 5) is 22.4. The fourth-order valence-electron chi connectivity index (χ4n) is 2.76. The molecule has 1 aliphatic heterocycles. The highest BCUT2D eigenvalue weighted by Crippen LogP contribution is 2.26. The second-order valence-corrected chi connectivity index (χ2v) is 7.70. The van der Waals surface area contributed by atoms with Crippen LogP contribution in [0.5, 0.6) is 0 Å². The first-order valence-electron chi connectivity index (χ1n) is 8.12. The van der Waals surface area contributed by atoms with Gasteiger partial charge in [0.25, 0.3) is 5.69 Å². The molecule has 3 N–H and O–H groups in total. The molecule has 9 nitrogen and oxygen atoms in total. The van der Waals surface area contributed by atoms with Gasteiger partial charge in [0.1, 0.15) is 6.04 Å². The van der Waals surface area contributed by atoms with Crippen molar-refractivity contribution in [3.05, 3.63) is 34.4 Å². The van der Waals surface area contributed by atoms with Gasteiger partial charge in [0, 0.05) is 25.2 Å². The molecule has 1 atom stereocenters. The summed E-state index contributed by atoms with van der Waals surface area (Å²) in [6.45, 7) is 1.08. The molecule has 0 aromatic heterocycles. The normalized spacial score (nSPS) is 18.0. The van der Waals surface area contributed by atoms with E-state index in [1.54, 1.807) is 0 Å². The summed E-state index contributed by atoms with van der Waals surface area (Å²) < 4.78 is 26.9. The lowest BCUT2D eigenvalue weighted by atomic mass is 10.0. The minimum Gasteiger partial charge on any atom is -0.355 e. The van der Waals surface area contributed by atoms with Crippen molar-refractivity contribution < 1.29 is 18.1 Å². The average Bonchev–Trinajstić information content (AvgIpc) is 2.62. The van der Waals surface area contributed by atoms with Crippen LogP contribution >= 0.6 is 12.4 Å². The van der Waals surface area contributed by atoms with Crippen LogP contribution in [-0.4, -0.2) is 49.2 Å². The summed E-state index contributed by atoms with van der Waals surface area (Å²) in [5.41, 5.74) is 5.21. The van der Waals surface area contributed by atoms with Gasteiger partial charge in [0.2, 0.25) is 15.9 Å². The number of halogens is 1. The van der Waals surface area contributed by atoms with Gasteiger partial charge in [-0.15, -0.1) is 12.4 Å². The largest absolute Gasteiger partial charge is 0.355 e. The van der Waals surface area contributed by atoms with Gasteiger partial charge in [-0.25, -0.2) is 8.42 Å².